The van der Waals surface area contributed by atoms with Gasteiger partial charge in [-0.3, -0.25) is 0 Å². The van der Waals surface area contributed by atoms with Gasteiger partial charge in [0.15, 0.2) is 0 Å². The molecule has 0 bridgehead atoms. The molecule has 0 spiro atoms. The summed E-state index contributed by atoms with van der Waals surface area (Å²) in [6, 6.07) is 8.85. The summed E-state index contributed by atoms with van der Waals surface area (Å²) in [6.45, 7) is 0. The molecule has 0 saturated heterocycles. The highest BCUT2D eigenvalue weighted by molar-refractivity contribution is 6.34. The normalized spacial score (nSPS) is 9.92. The van der Waals surface area contributed by atoms with Gasteiger partial charge in [-0.15, -0.1) is 0 Å². The Morgan fingerprint density at radius 2 is 1.64 bits per heavy atom. The van der Waals surface area contributed by atoms with Crippen LogP contribution in [-0.4, -0.2) is 33.3 Å². The number of urea groups is 1. The van der Waals surface area contributed by atoms with E-state index in [2.05, 4.69) is 15.4 Å². The lowest BCUT2D eigenvalue weighted by Gasteiger charge is -2.13. The molecule has 0 fully saturated rings. The van der Waals surface area contributed by atoms with Crippen LogP contribution in [0.5, 0.6) is 11.5 Å². The molecule has 0 saturated carbocycles. The minimum Gasteiger partial charge on any atom is -0.497 e. The quantitative estimate of drug-likeness (QED) is 0.788. The smallest absolute Gasteiger partial charge is 0.337 e. The zero-order valence-corrected chi connectivity index (χ0v) is 14.6. The highest BCUT2D eigenvalue weighted by atomic mass is 35.5. The Hall–Kier alpha value is -2.93. The largest absolute Gasteiger partial charge is 0.497 e. The minimum atomic E-state index is -0.549. The molecule has 2 rings (SSSR count). The molecule has 0 heterocycles. The standard InChI is InChI=1S/C17H17ClN2O5/c1-23-11-5-7-13(15(9-11)24-2)19-17(22)20-14-8-10(16(21)25-3)4-6-12(14)18/h4-9H,1-3H3,(H2,19,20,22). The van der Waals surface area contributed by atoms with Crippen molar-refractivity contribution in [2.24, 2.45) is 0 Å². The summed E-state index contributed by atoms with van der Waals surface area (Å²) in [5.41, 5.74) is 0.986. The predicted molar refractivity (Wildman–Crippen MR) is 95.0 cm³/mol. The maximum atomic E-state index is 12.2. The van der Waals surface area contributed by atoms with E-state index >= 15 is 0 Å². The molecule has 0 aliphatic rings. The Balaban J connectivity index is 2.17. The summed E-state index contributed by atoms with van der Waals surface area (Å²) in [7, 11) is 4.28. The summed E-state index contributed by atoms with van der Waals surface area (Å²) < 4.78 is 15.0. The fourth-order valence-electron chi connectivity index (χ4n) is 2.04. The molecule has 0 atom stereocenters. The molecule has 2 N–H and O–H groups in total. The maximum Gasteiger partial charge on any atom is 0.337 e. The average Bonchev–Trinajstić information content (AvgIpc) is 2.63. The molecule has 2 aromatic rings. The molecule has 0 unspecified atom stereocenters. The monoisotopic (exact) mass is 364 g/mol. The number of benzene rings is 2. The van der Waals surface area contributed by atoms with Crippen LogP contribution in [0.1, 0.15) is 10.4 Å². The number of rotatable bonds is 5. The summed E-state index contributed by atoms with van der Waals surface area (Å²) in [5, 5.41) is 5.51. The second-order valence-corrected chi connectivity index (χ2v) is 5.24. The van der Waals surface area contributed by atoms with Crippen LogP contribution >= 0.6 is 11.6 Å². The second-order valence-electron chi connectivity index (χ2n) is 4.83. The molecule has 2 amide bonds. The fourth-order valence-corrected chi connectivity index (χ4v) is 2.21. The molecule has 8 heteroatoms. The van der Waals surface area contributed by atoms with Crippen molar-refractivity contribution in [1.29, 1.82) is 0 Å². The third kappa shape index (κ3) is 4.54. The summed E-state index contributed by atoms with van der Waals surface area (Å²) in [5.74, 6) is 0.498. The van der Waals surface area contributed by atoms with E-state index < -0.39 is 12.0 Å². The van der Waals surface area contributed by atoms with Crippen LogP contribution in [0.15, 0.2) is 36.4 Å². The Labute approximate surface area is 149 Å². The predicted octanol–water partition coefficient (Wildman–Crippen LogP) is 3.79. The molecular formula is C17H17ClN2O5. The first-order chi connectivity index (χ1) is 12.0. The zero-order chi connectivity index (χ0) is 18.4. The zero-order valence-electron chi connectivity index (χ0n) is 13.9. The van der Waals surface area contributed by atoms with E-state index in [0.29, 0.717) is 17.2 Å². The molecule has 0 aliphatic carbocycles. The number of ether oxygens (including phenoxy) is 3. The van der Waals surface area contributed by atoms with Gasteiger partial charge < -0.3 is 24.8 Å². The summed E-state index contributed by atoms with van der Waals surface area (Å²) in [6.07, 6.45) is 0. The first-order valence-electron chi connectivity index (χ1n) is 7.16. The Morgan fingerprint density at radius 1 is 0.920 bits per heavy atom. The first kappa shape index (κ1) is 18.4. The molecule has 25 heavy (non-hydrogen) atoms. The number of hydrogen-bond donors (Lipinski definition) is 2. The van der Waals surface area contributed by atoms with Crippen LogP contribution in [0.2, 0.25) is 5.02 Å². The molecule has 2 aromatic carbocycles. The van der Waals surface area contributed by atoms with Crippen LogP contribution < -0.4 is 20.1 Å². The van der Waals surface area contributed by atoms with Gasteiger partial charge in [0.2, 0.25) is 0 Å². The van der Waals surface area contributed by atoms with E-state index in [1.807, 2.05) is 0 Å². The van der Waals surface area contributed by atoms with E-state index in [-0.39, 0.29) is 16.3 Å². The van der Waals surface area contributed by atoms with Gasteiger partial charge in [0.1, 0.15) is 11.5 Å². The van der Waals surface area contributed by atoms with Gasteiger partial charge in [0, 0.05) is 6.07 Å². The lowest BCUT2D eigenvalue weighted by atomic mass is 10.2. The van der Waals surface area contributed by atoms with Crippen molar-refractivity contribution in [2.75, 3.05) is 32.0 Å². The van der Waals surface area contributed by atoms with Gasteiger partial charge in [-0.2, -0.15) is 0 Å². The van der Waals surface area contributed by atoms with Gasteiger partial charge in [-0.1, -0.05) is 11.6 Å². The lowest BCUT2D eigenvalue weighted by molar-refractivity contribution is 0.0600. The number of nitrogens with one attached hydrogen (secondary N) is 2. The van der Waals surface area contributed by atoms with Gasteiger partial charge >= 0.3 is 12.0 Å². The Morgan fingerprint density at radius 3 is 2.28 bits per heavy atom. The van der Waals surface area contributed by atoms with E-state index in [4.69, 9.17) is 21.1 Å². The van der Waals surface area contributed by atoms with Crippen molar-refractivity contribution < 1.29 is 23.8 Å². The van der Waals surface area contributed by atoms with Crippen LogP contribution in [-0.2, 0) is 4.74 Å². The van der Waals surface area contributed by atoms with E-state index in [9.17, 15) is 9.59 Å². The highest BCUT2D eigenvalue weighted by Crippen LogP contribution is 2.29. The van der Waals surface area contributed by atoms with E-state index in [1.54, 1.807) is 18.2 Å². The number of amides is 2. The number of hydrogen-bond acceptors (Lipinski definition) is 5. The Bertz CT molecular complexity index is 795. The van der Waals surface area contributed by atoms with E-state index in [1.165, 1.54) is 39.5 Å². The first-order valence-corrected chi connectivity index (χ1v) is 7.54. The molecule has 7 nitrogen and oxygen atoms in total. The van der Waals surface area contributed by atoms with Crippen molar-refractivity contribution in [3.63, 3.8) is 0 Å². The molecule has 132 valence electrons. The number of anilines is 2. The topological polar surface area (TPSA) is 85.9 Å². The van der Waals surface area contributed by atoms with Crippen molar-refractivity contribution in [2.45, 2.75) is 0 Å². The Kier molecular flexibility index (Phi) is 6.08. The molecule has 0 radical (unpaired) electrons. The van der Waals surface area contributed by atoms with Crippen LogP contribution in [0.3, 0.4) is 0 Å². The van der Waals surface area contributed by atoms with Gasteiger partial charge in [0.25, 0.3) is 0 Å². The maximum absolute atomic E-state index is 12.2. The number of methoxy groups -OCH3 is 3. The van der Waals surface area contributed by atoms with Crippen molar-refractivity contribution >= 4 is 35.0 Å². The molecule has 0 aromatic heterocycles. The third-order valence-corrected chi connectivity index (χ3v) is 3.62. The second kappa shape index (κ2) is 8.25. The van der Waals surface area contributed by atoms with E-state index in [0.717, 1.165) is 0 Å². The third-order valence-electron chi connectivity index (χ3n) is 3.29. The van der Waals surface area contributed by atoms with Gasteiger partial charge in [0.05, 0.1) is 43.3 Å². The SMILES string of the molecule is COC(=O)c1ccc(Cl)c(NC(=O)Nc2ccc(OC)cc2OC)c1. The van der Waals surface area contributed by atoms with Crippen molar-refractivity contribution in [3.05, 3.63) is 47.0 Å². The van der Waals surface area contributed by atoms with Crippen molar-refractivity contribution in [1.82, 2.24) is 0 Å². The number of carbonyl (C=O) groups is 2. The average molecular weight is 365 g/mol. The number of esters is 1. The van der Waals surface area contributed by atoms with Crippen LogP contribution in [0.4, 0.5) is 16.2 Å². The van der Waals surface area contributed by atoms with Crippen molar-refractivity contribution in [3.8, 4) is 11.5 Å². The molecular weight excluding hydrogens is 348 g/mol. The lowest BCUT2D eigenvalue weighted by Crippen LogP contribution is -2.20. The fraction of sp³-hybridized carbons (Fsp3) is 0.176. The highest BCUT2D eigenvalue weighted by Gasteiger charge is 2.13. The van der Waals surface area contributed by atoms with Gasteiger partial charge in [-0.05, 0) is 30.3 Å². The molecule has 0 aliphatic heterocycles. The minimum absolute atomic E-state index is 0.268. The number of halogens is 1. The van der Waals surface area contributed by atoms with Gasteiger partial charge in [-0.25, -0.2) is 9.59 Å². The van der Waals surface area contributed by atoms with Crippen LogP contribution in [0, 0.1) is 0 Å². The summed E-state index contributed by atoms with van der Waals surface area (Å²) >= 11 is 6.05. The summed E-state index contributed by atoms with van der Waals surface area (Å²) in [4.78, 5) is 23.8. The van der Waals surface area contributed by atoms with Crippen LogP contribution in [0.25, 0.3) is 0 Å². The number of carbonyl (C=O) groups excluding carboxylic acids is 2.